The van der Waals surface area contributed by atoms with E-state index in [0.29, 0.717) is 27.6 Å². The number of nitrogens with one attached hydrogen (secondary N) is 2. The van der Waals surface area contributed by atoms with Gasteiger partial charge in [0.1, 0.15) is 10.7 Å². The maximum absolute atomic E-state index is 12.3. The maximum Gasteiger partial charge on any atom is 0.259 e. The molecule has 0 radical (unpaired) electrons. The molecule has 3 heterocycles. The third kappa shape index (κ3) is 4.59. The Morgan fingerprint density at radius 1 is 1.21 bits per heavy atom. The first kappa shape index (κ1) is 20.5. The molecular formula is C17H19N5O3S3. The van der Waals surface area contributed by atoms with E-state index in [1.165, 1.54) is 34.4 Å². The van der Waals surface area contributed by atoms with Gasteiger partial charge in [-0.25, -0.2) is 9.97 Å². The van der Waals surface area contributed by atoms with Gasteiger partial charge in [0.2, 0.25) is 11.8 Å². The summed E-state index contributed by atoms with van der Waals surface area (Å²) in [5.74, 6) is 0.0287. The fraction of sp³-hybridized carbons (Fsp3) is 0.353. The topological polar surface area (TPSA) is 131 Å². The standard InChI is InChI=1S/C17H19N5O3S3/c1-7-9(3)27-15-13(7)14(25)20-11(21-15)4-5-12(24)22-17-19-8(2)16(28-17)26-6-10(18)23/h4-6H2,1-3H3,(H2,18,23)(H,19,22,24)(H,20,21,25). The molecule has 0 aromatic carbocycles. The highest BCUT2D eigenvalue weighted by molar-refractivity contribution is 8.01. The molecule has 3 aromatic rings. The van der Waals surface area contributed by atoms with Crippen molar-refractivity contribution in [3.63, 3.8) is 0 Å². The molecule has 8 nitrogen and oxygen atoms in total. The van der Waals surface area contributed by atoms with Gasteiger partial charge in [0.05, 0.1) is 21.0 Å². The highest BCUT2D eigenvalue weighted by Gasteiger charge is 2.14. The summed E-state index contributed by atoms with van der Waals surface area (Å²) in [4.78, 5) is 48.7. The van der Waals surface area contributed by atoms with Crippen molar-refractivity contribution < 1.29 is 9.59 Å². The van der Waals surface area contributed by atoms with Crippen LogP contribution in [-0.4, -0.2) is 32.5 Å². The van der Waals surface area contributed by atoms with Gasteiger partial charge in [0.15, 0.2) is 5.13 Å². The van der Waals surface area contributed by atoms with E-state index in [4.69, 9.17) is 5.73 Å². The number of nitrogens with two attached hydrogens (primary N) is 1. The number of aromatic nitrogens is 3. The third-order valence-corrected chi connectivity index (χ3v) is 7.58. The molecule has 0 aliphatic heterocycles. The Morgan fingerprint density at radius 3 is 2.68 bits per heavy atom. The molecule has 148 valence electrons. The van der Waals surface area contributed by atoms with Gasteiger partial charge in [0.25, 0.3) is 5.56 Å². The lowest BCUT2D eigenvalue weighted by Crippen LogP contribution is -2.16. The Kier molecular flexibility index (Phi) is 6.16. The minimum absolute atomic E-state index is 0.166. The molecular weight excluding hydrogens is 418 g/mol. The van der Waals surface area contributed by atoms with Crippen LogP contribution >= 0.6 is 34.4 Å². The van der Waals surface area contributed by atoms with Crippen LogP contribution in [-0.2, 0) is 16.0 Å². The van der Waals surface area contributed by atoms with Crippen LogP contribution in [0.3, 0.4) is 0 Å². The third-order valence-electron chi connectivity index (χ3n) is 4.02. The average Bonchev–Trinajstić information content (AvgIpc) is 3.10. The lowest BCUT2D eigenvalue weighted by atomic mass is 10.2. The zero-order valence-electron chi connectivity index (χ0n) is 15.5. The van der Waals surface area contributed by atoms with Crippen LogP contribution in [0.5, 0.6) is 0 Å². The summed E-state index contributed by atoms with van der Waals surface area (Å²) < 4.78 is 0.842. The number of primary amides is 1. The van der Waals surface area contributed by atoms with Gasteiger partial charge in [-0.05, 0) is 26.3 Å². The maximum atomic E-state index is 12.3. The van der Waals surface area contributed by atoms with E-state index in [0.717, 1.165) is 20.3 Å². The SMILES string of the molecule is Cc1nc(NC(=O)CCc2nc3sc(C)c(C)c3c(=O)[nH]2)sc1SCC(N)=O. The highest BCUT2D eigenvalue weighted by Crippen LogP contribution is 2.32. The van der Waals surface area contributed by atoms with E-state index < -0.39 is 5.91 Å². The van der Waals surface area contributed by atoms with Gasteiger partial charge >= 0.3 is 0 Å². The number of carbonyl (C=O) groups excluding carboxylic acids is 2. The first-order chi connectivity index (χ1) is 13.2. The van der Waals surface area contributed by atoms with Crippen molar-refractivity contribution in [2.45, 2.75) is 37.8 Å². The number of hydrogen-bond acceptors (Lipinski definition) is 8. The number of carbonyl (C=O) groups is 2. The van der Waals surface area contributed by atoms with Crippen molar-refractivity contribution in [1.29, 1.82) is 0 Å². The minimum atomic E-state index is -0.405. The van der Waals surface area contributed by atoms with E-state index in [1.54, 1.807) is 0 Å². The molecule has 11 heteroatoms. The van der Waals surface area contributed by atoms with Crippen LogP contribution in [0, 0.1) is 20.8 Å². The number of hydrogen-bond donors (Lipinski definition) is 3. The van der Waals surface area contributed by atoms with Crippen molar-refractivity contribution in [2.24, 2.45) is 5.73 Å². The van der Waals surface area contributed by atoms with Crippen LogP contribution < -0.4 is 16.6 Å². The number of H-pyrrole nitrogens is 1. The predicted octanol–water partition coefficient (Wildman–Crippen LogP) is 2.52. The Bertz CT molecular complexity index is 1120. The number of thiophene rings is 1. The Labute approximate surface area is 173 Å². The number of amides is 2. The fourth-order valence-corrected chi connectivity index (χ4v) is 5.48. The molecule has 0 spiro atoms. The smallest absolute Gasteiger partial charge is 0.259 e. The molecule has 0 aliphatic carbocycles. The molecule has 3 aromatic heterocycles. The molecule has 0 bridgehead atoms. The highest BCUT2D eigenvalue weighted by atomic mass is 32.2. The number of aromatic amines is 1. The van der Waals surface area contributed by atoms with Gasteiger partial charge in [-0.15, -0.1) is 23.1 Å². The number of fused-ring (bicyclic) bond motifs is 1. The van der Waals surface area contributed by atoms with E-state index in [1.807, 2.05) is 20.8 Å². The fourth-order valence-electron chi connectivity index (χ4n) is 2.54. The molecule has 4 N–H and O–H groups in total. The Balaban J connectivity index is 1.63. The van der Waals surface area contributed by atoms with Gasteiger partial charge in [-0.1, -0.05) is 11.3 Å². The average molecular weight is 438 g/mol. The molecule has 0 fully saturated rings. The first-order valence-electron chi connectivity index (χ1n) is 8.42. The number of nitrogens with zero attached hydrogens (tertiary/aromatic N) is 2. The second-order valence-electron chi connectivity index (χ2n) is 6.17. The van der Waals surface area contributed by atoms with E-state index >= 15 is 0 Å². The van der Waals surface area contributed by atoms with Crippen molar-refractivity contribution >= 4 is 61.6 Å². The summed E-state index contributed by atoms with van der Waals surface area (Å²) in [6, 6.07) is 0. The lowest BCUT2D eigenvalue weighted by molar-refractivity contribution is -0.116. The van der Waals surface area contributed by atoms with Crippen LogP contribution in [0.2, 0.25) is 0 Å². The molecule has 0 saturated heterocycles. The van der Waals surface area contributed by atoms with E-state index in [9.17, 15) is 14.4 Å². The van der Waals surface area contributed by atoms with Crippen molar-refractivity contribution in [1.82, 2.24) is 15.0 Å². The van der Waals surface area contributed by atoms with Crippen LogP contribution in [0.1, 0.15) is 28.4 Å². The Morgan fingerprint density at radius 2 is 1.96 bits per heavy atom. The summed E-state index contributed by atoms with van der Waals surface area (Å²) in [7, 11) is 0. The quantitative estimate of drug-likeness (QED) is 0.487. The summed E-state index contributed by atoms with van der Waals surface area (Å²) >= 11 is 4.08. The van der Waals surface area contributed by atoms with E-state index in [2.05, 4.69) is 20.3 Å². The van der Waals surface area contributed by atoms with Gasteiger partial charge in [-0.2, -0.15) is 0 Å². The Hall–Kier alpha value is -2.24. The number of aryl methyl sites for hydroxylation is 4. The summed E-state index contributed by atoms with van der Waals surface area (Å²) in [5.41, 5.74) is 6.67. The molecule has 0 unspecified atom stereocenters. The van der Waals surface area contributed by atoms with Crippen LogP contribution in [0.15, 0.2) is 9.00 Å². The molecule has 0 saturated carbocycles. The van der Waals surface area contributed by atoms with Crippen molar-refractivity contribution in [3.05, 3.63) is 32.3 Å². The number of anilines is 1. The summed E-state index contributed by atoms with van der Waals surface area (Å²) in [6.45, 7) is 5.68. The number of thiazole rings is 1. The van der Waals surface area contributed by atoms with Gasteiger partial charge < -0.3 is 16.0 Å². The zero-order valence-corrected chi connectivity index (χ0v) is 18.0. The van der Waals surface area contributed by atoms with Crippen molar-refractivity contribution in [2.75, 3.05) is 11.1 Å². The number of rotatable bonds is 7. The lowest BCUT2D eigenvalue weighted by Gasteiger charge is -2.02. The predicted molar refractivity (Wildman–Crippen MR) is 113 cm³/mol. The second kappa shape index (κ2) is 8.41. The van der Waals surface area contributed by atoms with E-state index in [-0.39, 0.29) is 23.6 Å². The minimum Gasteiger partial charge on any atom is -0.369 e. The molecule has 2 amide bonds. The first-order valence-corrected chi connectivity index (χ1v) is 11.0. The van der Waals surface area contributed by atoms with Crippen molar-refractivity contribution in [3.8, 4) is 0 Å². The monoisotopic (exact) mass is 437 g/mol. The molecule has 28 heavy (non-hydrogen) atoms. The molecule has 3 rings (SSSR count). The second-order valence-corrected chi connectivity index (χ2v) is 9.62. The van der Waals surface area contributed by atoms with Gasteiger partial charge in [0, 0.05) is 17.7 Å². The van der Waals surface area contributed by atoms with Crippen LogP contribution in [0.4, 0.5) is 5.13 Å². The largest absolute Gasteiger partial charge is 0.369 e. The number of thioether (sulfide) groups is 1. The summed E-state index contributed by atoms with van der Waals surface area (Å²) in [6.07, 6.45) is 0.487. The summed E-state index contributed by atoms with van der Waals surface area (Å²) in [5, 5.41) is 3.84. The zero-order chi connectivity index (χ0) is 20.4. The van der Waals surface area contributed by atoms with Gasteiger partial charge in [-0.3, -0.25) is 14.4 Å². The van der Waals surface area contributed by atoms with Crippen LogP contribution in [0.25, 0.3) is 10.2 Å². The molecule has 0 atom stereocenters. The molecule has 0 aliphatic rings. The normalized spacial score (nSPS) is 11.1.